The van der Waals surface area contributed by atoms with Crippen molar-refractivity contribution >= 4 is 22.8 Å². The van der Waals surface area contributed by atoms with Crippen LogP contribution < -0.4 is 10.6 Å². The van der Waals surface area contributed by atoms with Crippen LogP contribution in [0.1, 0.15) is 17.0 Å². The number of fused-ring (bicyclic) bond motifs is 1. The van der Waals surface area contributed by atoms with Crippen LogP contribution in [-0.2, 0) is 13.2 Å². The Morgan fingerprint density at radius 2 is 2.12 bits per heavy atom. The van der Waals surface area contributed by atoms with Crippen molar-refractivity contribution in [3.8, 4) is 0 Å². The molecule has 0 aliphatic rings. The number of hydrogen-bond donors (Lipinski definition) is 3. The van der Waals surface area contributed by atoms with Gasteiger partial charge in [-0.15, -0.1) is 0 Å². The van der Waals surface area contributed by atoms with E-state index in [9.17, 15) is 9.18 Å². The second-order valence-electron chi connectivity index (χ2n) is 5.31. The van der Waals surface area contributed by atoms with E-state index < -0.39 is 11.8 Å². The molecule has 124 valence electrons. The van der Waals surface area contributed by atoms with Gasteiger partial charge in [-0.3, -0.25) is 0 Å². The zero-order valence-corrected chi connectivity index (χ0v) is 13.0. The van der Waals surface area contributed by atoms with Crippen LogP contribution in [0, 0.1) is 12.7 Å². The number of aryl methyl sites for hydroxylation is 1. The highest BCUT2D eigenvalue weighted by atomic mass is 19.1. The molecule has 24 heavy (non-hydrogen) atoms. The largest absolute Gasteiger partial charge is 0.441 e. The first-order valence-corrected chi connectivity index (χ1v) is 7.35. The number of hydrogen-bond acceptors (Lipinski definition) is 4. The van der Waals surface area contributed by atoms with E-state index in [1.54, 1.807) is 31.2 Å². The standard InChI is InChI=1S/C17H16FN3O3/c1-10-20-15-5-3-13(7-16(15)24-10)21-17(23)19-8-11-2-4-14(18)12(6-11)9-22/h2-7,22H,8-9H2,1H3,(H2,19,21,23). The molecule has 0 radical (unpaired) electrons. The summed E-state index contributed by atoms with van der Waals surface area (Å²) in [5, 5.41) is 14.4. The number of benzene rings is 2. The van der Waals surface area contributed by atoms with Crippen LogP contribution >= 0.6 is 0 Å². The Bertz CT molecular complexity index is 892. The van der Waals surface area contributed by atoms with E-state index in [0.717, 1.165) is 5.52 Å². The molecule has 0 saturated heterocycles. The van der Waals surface area contributed by atoms with Gasteiger partial charge in [0.05, 0.1) is 6.61 Å². The Balaban J connectivity index is 1.62. The molecule has 0 unspecified atom stereocenters. The highest BCUT2D eigenvalue weighted by Gasteiger charge is 2.07. The molecule has 1 heterocycles. The van der Waals surface area contributed by atoms with E-state index in [0.29, 0.717) is 22.7 Å². The number of halogens is 1. The maximum Gasteiger partial charge on any atom is 0.319 e. The number of carbonyl (C=O) groups is 1. The van der Waals surface area contributed by atoms with Gasteiger partial charge in [0, 0.05) is 30.8 Å². The molecule has 3 N–H and O–H groups in total. The fourth-order valence-corrected chi connectivity index (χ4v) is 2.33. The third kappa shape index (κ3) is 3.52. The van der Waals surface area contributed by atoms with E-state index in [1.165, 1.54) is 12.1 Å². The number of aromatic nitrogens is 1. The Labute approximate surface area is 137 Å². The van der Waals surface area contributed by atoms with E-state index >= 15 is 0 Å². The van der Waals surface area contributed by atoms with E-state index in [4.69, 9.17) is 9.52 Å². The summed E-state index contributed by atoms with van der Waals surface area (Å²) >= 11 is 0. The summed E-state index contributed by atoms with van der Waals surface area (Å²) < 4.78 is 18.7. The van der Waals surface area contributed by atoms with Gasteiger partial charge in [-0.2, -0.15) is 0 Å². The molecule has 6 nitrogen and oxygen atoms in total. The number of aliphatic hydroxyl groups excluding tert-OH is 1. The maximum absolute atomic E-state index is 13.3. The number of carbonyl (C=O) groups excluding carboxylic acids is 1. The second-order valence-corrected chi connectivity index (χ2v) is 5.31. The minimum atomic E-state index is -0.471. The van der Waals surface area contributed by atoms with Crippen molar-refractivity contribution in [2.75, 3.05) is 5.32 Å². The molecule has 7 heteroatoms. The van der Waals surface area contributed by atoms with E-state index in [2.05, 4.69) is 15.6 Å². The van der Waals surface area contributed by atoms with Crippen molar-refractivity contribution in [1.29, 1.82) is 0 Å². The monoisotopic (exact) mass is 329 g/mol. The predicted molar refractivity (Wildman–Crippen MR) is 86.9 cm³/mol. The van der Waals surface area contributed by atoms with E-state index in [-0.39, 0.29) is 18.7 Å². The normalized spacial score (nSPS) is 10.8. The fourth-order valence-electron chi connectivity index (χ4n) is 2.33. The SMILES string of the molecule is Cc1nc2ccc(NC(=O)NCc3ccc(F)c(CO)c3)cc2o1. The van der Waals surface area contributed by atoms with Crippen LogP contribution in [0.25, 0.3) is 11.1 Å². The summed E-state index contributed by atoms with van der Waals surface area (Å²) in [5.41, 5.74) is 2.78. The van der Waals surface area contributed by atoms with Crippen molar-refractivity contribution in [2.45, 2.75) is 20.1 Å². The highest BCUT2D eigenvalue weighted by Crippen LogP contribution is 2.19. The number of urea groups is 1. The first kappa shape index (κ1) is 15.9. The first-order chi connectivity index (χ1) is 11.5. The van der Waals surface area contributed by atoms with Gasteiger partial charge >= 0.3 is 6.03 Å². The Hall–Kier alpha value is -2.93. The molecule has 0 aliphatic carbocycles. The number of rotatable bonds is 4. The topological polar surface area (TPSA) is 87.4 Å². The van der Waals surface area contributed by atoms with Crippen LogP contribution in [0.3, 0.4) is 0 Å². The zero-order valence-electron chi connectivity index (χ0n) is 13.0. The Kier molecular flexibility index (Phi) is 4.43. The fraction of sp³-hybridized carbons (Fsp3) is 0.176. The summed E-state index contributed by atoms with van der Waals surface area (Å²) in [5.74, 6) is 0.0870. The molecule has 0 fully saturated rings. The third-order valence-corrected chi connectivity index (χ3v) is 3.49. The van der Waals surface area contributed by atoms with Crippen molar-refractivity contribution in [1.82, 2.24) is 10.3 Å². The third-order valence-electron chi connectivity index (χ3n) is 3.49. The Morgan fingerprint density at radius 1 is 1.29 bits per heavy atom. The lowest BCUT2D eigenvalue weighted by atomic mass is 10.1. The van der Waals surface area contributed by atoms with Crippen LogP contribution in [-0.4, -0.2) is 16.1 Å². The minimum absolute atomic E-state index is 0.195. The molecule has 0 aliphatic heterocycles. The number of amides is 2. The van der Waals surface area contributed by atoms with Crippen molar-refractivity contribution in [3.63, 3.8) is 0 Å². The van der Waals surface area contributed by atoms with Gasteiger partial charge in [0.15, 0.2) is 11.5 Å². The number of aliphatic hydroxyl groups is 1. The number of nitrogens with zero attached hydrogens (tertiary/aromatic N) is 1. The van der Waals surface area contributed by atoms with Crippen LogP contribution in [0.2, 0.25) is 0 Å². The molecule has 0 spiro atoms. The molecular formula is C17H16FN3O3. The molecule has 3 rings (SSSR count). The average Bonchev–Trinajstić information content (AvgIpc) is 2.93. The quantitative estimate of drug-likeness (QED) is 0.686. The molecule has 1 aromatic heterocycles. The number of oxazole rings is 1. The molecule has 0 bridgehead atoms. The van der Waals surface area contributed by atoms with Gasteiger partial charge in [0.2, 0.25) is 0 Å². The molecule has 0 atom stereocenters. The molecule has 2 amide bonds. The maximum atomic E-state index is 13.3. The molecule has 2 aromatic carbocycles. The van der Waals surface area contributed by atoms with Gasteiger partial charge in [-0.25, -0.2) is 14.2 Å². The van der Waals surface area contributed by atoms with Crippen LogP contribution in [0.4, 0.5) is 14.9 Å². The summed E-state index contributed by atoms with van der Waals surface area (Å²) in [6.45, 7) is 1.58. The lowest BCUT2D eigenvalue weighted by Crippen LogP contribution is -2.28. The van der Waals surface area contributed by atoms with Gasteiger partial charge < -0.3 is 20.2 Å². The average molecular weight is 329 g/mol. The van der Waals surface area contributed by atoms with Crippen molar-refractivity contribution in [2.24, 2.45) is 0 Å². The molecular weight excluding hydrogens is 313 g/mol. The van der Waals surface area contributed by atoms with Crippen molar-refractivity contribution < 1.29 is 18.7 Å². The number of anilines is 1. The molecule has 3 aromatic rings. The Morgan fingerprint density at radius 3 is 2.92 bits per heavy atom. The smallest absolute Gasteiger partial charge is 0.319 e. The summed E-state index contributed by atoms with van der Waals surface area (Å²) in [6, 6.07) is 9.11. The van der Waals surface area contributed by atoms with Gasteiger partial charge in [0.25, 0.3) is 0 Å². The summed E-state index contributed by atoms with van der Waals surface area (Å²) in [6.07, 6.45) is 0. The zero-order chi connectivity index (χ0) is 17.1. The van der Waals surface area contributed by atoms with E-state index in [1.807, 2.05) is 0 Å². The second kappa shape index (κ2) is 6.67. The van der Waals surface area contributed by atoms with Crippen LogP contribution in [0.5, 0.6) is 0 Å². The van der Waals surface area contributed by atoms with Gasteiger partial charge in [-0.05, 0) is 29.8 Å². The first-order valence-electron chi connectivity index (χ1n) is 7.35. The molecule has 0 saturated carbocycles. The van der Waals surface area contributed by atoms with Gasteiger partial charge in [-0.1, -0.05) is 6.07 Å². The lowest BCUT2D eigenvalue weighted by molar-refractivity contribution is 0.251. The highest BCUT2D eigenvalue weighted by molar-refractivity contribution is 5.91. The van der Waals surface area contributed by atoms with Gasteiger partial charge in [0.1, 0.15) is 11.3 Å². The van der Waals surface area contributed by atoms with Crippen LogP contribution in [0.15, 0.2) is 40.8 Å². The summed E-state index contributed by atoms with van der Waals surface area (Å²) in [7, 11) is 0. The van der Waals surface area contributed by atoms with Crippen molar-refractivity contribution in [3.05, 3.63) is 59.2 Å². The number of nitrogens with one attached hydrogen (secondary N) is 2. The predicted octanol–water partition coefficient (Wildman–Crippen LogP) is 3.09. The minimum Gasteiger partial charge on any atom is -0.441 e. The lowest BCUT2D eigenvalue weighted by Gasteiger charge is -2.09. The summed E-state index contributed by atoms with van der Waals surface area (Å²) in [4.78, 5) is 16.1.